The molecule has 1 heterocycles. The maximum Gasteiger partial charge on any atom is 0.339 e. The van der Waals surface area contributed by atoms with Gasteiger partial charge in [0.25, 0.3) is 5.91 Å². The van der Waals surface area contributed by atoms with E-state index in [4.69, 9.17) is 5.11 Å². The Hall–Kier alpha value is -4.11. The number of carboxylic acid groups (broad SMARTS) is 1. The van der Waals surface area contributed by atoms with Gasteiger partial charge in [0.15, 0.2) is 5.71 Å². The molecule has 0 unspecified atom stereocenters. The Balaban J connectivity index is 1.43. The molecule has 0 spiro atoms. The lowest BCUT2D eigenvalue weighted by molar-refractivity contribution is -0.112. The topological polar surface area (TPSA) is 111 Å². The number of nitrogens with one attached hydrogen (secondary N) is 2. The van der Waals surface area contributed by atoms with Crippen molar-refractivity contribution < 1.29 is 19.5 Å². The van der Waals surface area contributed by atoms with Crippen LogP contribution in [-0.4, -0.2) is 41.0 Å². The number of rotatable bonds is 12. The highest BCUT2D eigenvalue weighted by molar-refractivity contribution is 7.99. The van der Waals surface area contributed by atoms with E-state index in [1.807, 2.05) is 48.5 Å². The van der Waals surface area contributed by atoms with Gasteiger partial charge in [-0.3, -0.25) is 4.79 Å². The summed E-state index contributed by atoms with van der Waals surface area (Å²) in [5.74, 6) is -0.281. The molecule has 0 radical (unpaired) electrons. The predicted molar refractivity (Wildman–Crippen MR) is 156 cm³/mol. The van der Waals surface area contributed by atoms with Crippen molar-refractivity contribution in [2.24, 2.45) is 5.10 Å². The van der Waals surface area contributed by atoms with E-state index < -0.39 is 12.0 Å². The van der Waals surface area contributed by atoms with Crippen LogP contribution in [0.4, 0.5) is 16.2 Å². The Morgan fingerprint density at radius 2 is 1.74 bits per heavy atom. The molecule has 3 aromatic rings. The molecule has 0 aromatic heterocycles. The number of carbonyl (C=O) groups excluding carboxylic acids is 2. The number of unbranched alkanes of at least 4 members (excludes halogenated alkanes) is 2. The van der Waals surface area contributed by atoms with Crippen LogP contribution in [0.25, 0.3) is 0 Å². The van der Waals surface area contributed by atoms with E-state index in [1.54, 1.807) is 40.9 Å². The summed E-state index contributed by atoms with van der Waals surface area (Å²) in [7, 11) is 0. The van der Waals surface area contributed by atoms with Crippen LogP contribution >= 0.6 is 11.8 Å². The highest BCUT2D eigenvalue weighted by Crippen LogP contribution is 2.33. The maximum atomic E-state index is 13.3. The number of carboxylic acids is 1. The number of aromatic carboxylic acids is 1. The maximum absolute atomic E-state index is 13.3. The first kappa shape index (κ1) is 27.9. The van der Waals surface area contributed by atoms with E-state index in [2.05, 4.69) is 22.8 Å². The Labute approximate surface area is 232 Å². The smallest absolute Gasteiger partial charge is 0.339 e. The number of nitrogens with zero attached hydrogens (tertiary/aromatic N) is 2. The van der Waals surface area contributed by atoms with Crippen molar-refractivity contribution in [2.45, 2.75) is 43.9 Å². The second-order valence-electron chi connectivity index (χ2n) is 9.19. The fourth-order valence-corrected chi connectivity index (χ4v) is 5.19. The molecular formula is C30H32N4O4S. The molecule has 8 nitrogen and oxygen atoms in total. The molecule has 0 atom stereocenters. The highest BCUT2D eigenvalue weighted by atomic mass is 32.2. The Bertz CT molecular complexity index is 1340. The molecule has 3 N–H and O–H groups in total. The van der Waals surface area contributed by atoms with Crippen LogP contribution in [0.2, 0.25) is 0 Å². The lowest BCUT2D eigenvalue weighted by atomic mass is 10.1. The molecule has 3 aromatic carbocycles. The molecule has 1 aliphatic rings. The van der Waals surface area contributed by atoms with Gasteiger partial charge in [-0.15, -0.1) is 11.8 Å². The van der Waals surface area contributed by atoms with Crippen molar-refractivity contribution in [3.63, 3.8) is 0 Å². The molecule has 0 aliphatic carbocycles. The zero-order valence-electron chi connectivity index (χ0n) is 21.9. The molecule has 0 saturated carbocycles. The van der Waals surface area contributed by atoms with E-state index in [0.717, 1.165) is 54.0 Å². The number of hydrogen-bond donors (Lipinski definition) is 3. The fourth-order valence-electron chi connectivity index (χ4n) is 4.30. The minimum atomic E-state index is -0.925. The number of aryl methyl sites for hydroxylation is 1. The van der Waals surface area contributed by atoms with Gasteiger partial charge in [-0.2, -0.15) is 5.10 Å². The highest BCUT2D eigenvalue weighted by Gasteiger charge is 2.34. The van der Waals surface area contributed by atoms with Crippen LogP contribution in [0, 0.1) is 0 Å². The Morgan fingerprint density at radius 1 is 0.974 bits per heavy atom. The standard InChI is InChI=1S/C30H32N4O4S/c1-2-3-7-18-34-26-17-16-24(39-19-8-9-21-12-14-22(15-13-21)29(36)37)20-25(26)27(28(34)35)32-33-30(38)31-23-10-5-4-6-11-23/h4-6,10-17,20H,2-3,7-9,18-19H2,1H3,(H,36,37)(H2,31,33,38). The van der Waals surface area contributed by atoms with Gasteiger partial charge in [-0.05, 0) is 73.0 Å². The van der Waals surface area contributed by atoms with E-state index in [1.165, 1.54) is 0 Å². The van der Waals surface area contributed by atoms with Gasteiger partial charge in [-0.1, -0.05) is 50.1 Å². The Kier molecular flexibility index (Phi) is 9.74. The van der Waals surface area contributed by atoms with Crippen LogP contribution < -0.4 is 15.6 Å². The van der Waals surface area contributed by atoms with Gasteiger partial charge >= 0.3 is 12.0 Å². The molecule has 39 heavy (non-hydrogen) atoms. The monoisotopic (exact) mass is 544 g/mol. The van der Waals surface area contributed by atoms with Crippen LogP contribution in [0.1, 0.15) is 54.1 Å². The number of para-hydroxylation sites is 1. The van der Waals surface area contributed by atoms with Gasteiger partial charge < -0.3 is 15.3 Å². The van der Waals surface area contributed by atoms with Gasteiger partial charge in [0.05, 0.1) is 11.3 Å². The minimum Gasteiger partial charge on any atom is -0.478 e. The average molecular weight is 545 g/mol. The fraction of sp³-hybridized carbons (Fsp3) is 0.267. The number of urea groups is 1. The third kappa shape index (κ3) is 7.48. The first-order chi connectivity index (χ1) is 19.0. The molecule has 0 bridgehead atoms. The van der Waals surface area contributed by atoms with Gasteiger partial charge in [0.1, 0.15) is 0 Å². The molecular weight excluding hydrogens is 512 g/mol. The van der Waals surface area contributed by atoms with E-state index in [0.29, 0.717) is 17.8 Å². The van der Waals surface area contributed by atoms with Crippen LogP contribution in [0.15, 0.2) is 82.8 Å². The summed E-state index contributed by atoms with van der Waals surface area (Å²) in [6.07, 6.45) is 4.72. The molecule has 4 rings (SSSR count). The van der Waals surface area contributed by atoms with Crippen molar-refractivity contribution in [1.29, 1.82) is 0 Å². The number of anilines is 2. The van der Waals surface area contributed by atoms with E-state index >= 15 is 0 Å². The van der Waals surface area contributed by atoms with Gasteiger partial charge in [-0.25, -0.2) is 15.0 Å². The SMILES string of the molecule is CCCCCN1C(=O)C(=NNC(=O)Nc2ccccc2)c2cc(SCCCc3ccc(C(=O)O)cc3)ccc21. The van der Waals surface area contributed by atoms with Crippen molar-refractivity contribution in [2.75, 3.05) is 22.5 Å². The summed E-state index contributed by atoms with van der Waals surface area (Å²) in [6, 6.07) is 21.4. The van der Waals surface area contributed by atoms with E-state index in [-0.39, 0.29) is 17.2 Å². The summed E-state index contributed by atoms with van der Waals surface area (Å²) in [5, 5.41) is 16.0. The lowest BCUT2D eigenvalue weighted by Gasteiger charge is -2.16. The van der Waals surface area contributed by atoms with Crippen molar-refractivity contribution in [3.8, 4) is 0 Å². The number of thioether (sulfide) groups is 1. The zero-order chi connectivity index (χ0) is 27.6. The second-order valence-corrected chi connectivity index (χ2v) is 10.4. The van der Waals surface area contributed by atoms with Gasteiger partial charge in [0.2, 0.25) is 0 Å². The summed E-state index contributed by atoms with van der Waals surface area (Å²) in [5.41, 5.74) is 6.24. The number of hydrogen-bond acceptors (Lipinski definition) is 5. The van der Waals surface area contributed by atoms with E-state index in [9.17, 15) is 14.4 Å². The first-order valence-corrected chi connectivity index (χ1v) is 14.1. The Morgan fingerprint density at radius 3 is 2.46 bits per heavy atom. The van der Waals surface area contributed by atoms with Crippen molar-refractivity contribution in [3.05, 3.63) is 89.5 Å². The minimum absolute atomic E-state index is 0.215. The van der Waals surface area contributed by atoms with Crippen LogP contribution in [0.3, 0.4) is 0 Å². The summed E-state index contributed by atoms with van der Waals surface area (Å²) in [4.78, 5) is 39.5. The molecule has 202 valence electrons. The second kappa shape index (κ2) is 13.6. The molecule has 1 aliphatic heterocycles. The summed E-state index contributed by atoms with van der Waals surface area (Å²) in [6.45, 7) is 2.72. The number of hydrazone groups is 1. The lowest BCUT2D eigenvalue weighted by Crippen LogP contribution is -2.33. The largest absolute Gasteiger partial charge is 0.478 e. The first-order valence-electron chi connectivity index (χ1n) is 13.1. The number of carbonyl (C=O) groups is 3. The number of benzene rings is 3. The summed E-state index contributed by atoms with van der Waals surface area (Å²) < 4.78 is 0. The molecule has 9 heteroatoms. The zero-order valence-corrected chi connectivity index (χ0v) is 22.7. The third-order valence-electron chi connectivity index (χ3n) is 6.33. The number of fused-ring (bicyclic) bond motifs is 1. The third-order valence-corrected chi connectivity index (χ3v) is 7.41. The summed E-state index contributed by atoms with van der Waals surface area (Å²) >= 11 is 1.69. The van der Waals surface area contributed by atoms with Crippen LogP contribution in [0.5, 0.6) is 0 Å². The van der Waals surface area contributed by atoms with Gasteiger partial charge in [0, 0.05) is 22.7 Å². The molecule has 3 amide bonds. The number of amides is 3. The van der Waals surface area contributed by atoms with Crippen molar-refractivity contribution in [1.82, 2.24) is 5.43 Å². The predicted octanol–water partition coefficient (Wildman–Crippen LogP) is 6.17. The average Bonchev–Trinajstić information content (AvgIpc) is 3.20. The van der Waals surface area contributed by atoms with Crippen molar-refractivity contribution >= 4 is 46.8 Å². The van der Waals surface area contributed by atoms with Crippen LogP contribution in [-0.2, 0) is 11.2 Å². The normalized spacial score (nSPS) is 13.4. The molecule has 0 saturated heterocycles. The molecule has 0 fully saturated rings. The quantitative estimate of drug-likeness (QED) is 0.143.